The van der Waals surface area contributed by atoms with Crippen molar-refractivity contribution in [1.82, 2.24) is 9.13 Å². The Balaban J connectivity index is 0.00000212. The Bertz CT molecular complexity index is 1710. The SMILES string of the molecule is COc1ccc2c(c1)c1c[n+](C)ccc1n2CCCCCCCCCn1c2ccc(OC)cc2c2c[n+](C)ccc21.[I-].[I-]. The van der Waals surface area contributed by atoms with Gasteiger partial charge in [-0.3, -0.25) is 0 Å². The quantitative estimate of drug-likeness (QED) is 0.105. The highest BCUT2D eigenvalue weighted by molar-refractivity contribution is 6.08. The van der Waals surface area contributed by atoms with Crippen LogP contribution in [0.1, 0.15) is 44.9 Å². The minimum Gasteiger partial charge on any atom is -1.00 e. The van der Waals surface area contributed by atoms with E-state index in [0.717, 1.165) is 24.6 Å². The van der Waals surface area contributed by atoms with Crippen LogP contribution in [0.3, 0.4) is 0 Å². The Morgan fingerprint density at radius 3 is 1.28 bits per heavy atom. The Morgan fingerprint density at radius 1 is 0.512 bits per heavy atom. The molecular formula is C35H42I2N4O2. The fourth-order valence-electron chi connectivity index (χ4n) is 6.42. The molecule has 0 radical (unpaired) electrons. The number of fused-ring (bicyclic) bond motifs is 6. The smallest absolute Gasteiger partial charge is 0.178 e. The van der Waals surface area contributed by atoms with Crippen LogP contribution < -0.4 is 66.6 Å². The maximum absolute atomic E-state index is 5.51. The Hall–Kier alpha value is -2.60. The maximum atomic E-state index is 5.51. The molecule has 0 bridgehead atoms. The van der Waals surface area contributed by atoms with Crippen molar-refractivity contribution < 1.29 is 66.6 Å². The topological polar surface area (TPSA) is 36.1 Å². The van der Waals surface area contributed by atoms with E-state index in [1.165, 1.54) is 88.6 Å². The van der Waals surface area contributed by atoms with Crippen molar-refractivity contribution in [2.75, 3.05) is 14.2 Å². The minimum atomic E-state index is 0. The number of pyridine rings is 2. The van der Waals surface area contributed by atoms with Crippen LogP contribution >= 0.6 is 0 Å². The number of unbranched alkanes of at least 4 members (excludes halogenated alkanes) is 6. The third kappa shape index (κ3) is 6.90. The van der Waals surface area contributed by atoms with Gasteiger partial charge in [-0.2, -0.15) is 0 Å². The van der Waals surface area contributed by atoms with Gasteiger partial charge in [0.15, 0.2) is 24.8 Å². The molecule has 6 aromatic rings. The average Bonchev–Trinajstić information content (AvgIpc) is 3.46. The zero-order valence-electron chi connectivity index (χ0n) is 25.7. The summed E-state index contributed by atoms with van der Waals surface area (Å²) in [5.74, 6) is 1.83. The Labute approximate surface area is 288 Å². The van der Waals surface area contributed by atoms with E-state index < -0.39 is 0 Å². The summed E-state index contributed by atoms with van der Waals surface area (Å²) in [6.45, 7) is 2.10. The van der Waals surface area contributed by atoms with Gasteiger partial charge in [-0.25, -0.2) is 9.13 Å². The standard InChI is InChI=1S/C35H42N4O2.2HI/c1-36-20-16-34-30(24-36)28-22-26(40-3)12-14-32(28)38(34)18-10-8-6-5-7-9-11-19-39-33-15-13-27(41-4)23-29(33)31-25-37(2)21-17-35(31)39;;/h12-17,20-25H,5-11,18-19H2,1-4H3;2*1H/q+2;;/p-2. The monoisotopic (exact) mass is 804 g/mol. The Kier molecular flexibility index (Phi) is 11.6. The summed E-state index contributed by atoms with van der Waals surface area (Å²) >= 11 is 0. The summed E-state index contributed by atoms with van der Waals surface area (Å²) in [7, 11) is 7.65. The molecule has 228 valence electrons. The largest absolute Gasteiger partial charge is 1.00 e. The zero-order chi connectivity index (χ0) is 28.3. The van der Waals surface area contributed by atoms with Crippen molar-refractivity contribution in [3.05, 3.63) is 73.3 Å². The van der Waals surface area contributed by atoms with Gasteiger partial charge in [0.25, 0.3) is 0 Å². The lowest BCUT2D eigenvalue weighted by molar-refractivity contribution is -0.670. The van der Waals surface area contributed by atoms with Crippen molar-refractivity contribution >= 4 is 43.6 Å². The highest BCUT2D eigenvalue weighted by atomic mass is 127. The first kappa shape index (κ1) is 33.3. The van der Waals surface area contributed by atoms with E-state index in [4.69, 9.17) is 9.47 Å². The predicted molar refractivity (Wildman–Crippen MR) is 167 cm³/mol. The Morgan fingerprint density at radius 2 is 0.884 bits per heavy atom. The van der Waals surface area contributed by atoms with Gasteiger partial charge in [-0.15, -0.1) is 0 Å². The van der Waals surface area contributed by atoms with E-state index in [-0.39, 0.29) is 48.0 Å². The summed E-state index contributed by atoms with van der Waals surface area (Å²) in [6.07, 6.45) is 17.6. The minimum absolute atomic E-state index is 0. The lowest BCUT2D eigenvalue weighted by Crippen LogP contribution is -3.00. The van der Waals surface area contributed by atoms with E-state index in [1.807, 2.05) is 0 Å². The predicted octanol–water partition coefficient (Wildman–Crippen LogP) is 1.01. The van der Waals surface area contributed by atoms with E-state index in [1.54, 1.807) is 14.2 Å². The molecular weight excluding hydrogens is 762 g/mol. The number of aromatic nitrogens is 4. The van der Waals surface area contributed by atoms with Crippen molar-refractivity contribution in [1.29, 1.82) is 0 Å². The highest BCUT2D eigenvalue weighted by Crippen LogP contribution is 2.32. The van der Waals surface area contributed by atoms with E-state index in [9.17, 15) is 0 Å². The molecule has 0 aliphatic heterocycles. The second-order valence-electron chi connectivity index (χ2n) is 11.4. The molecule has 0 aliphatic rings. The van der Waals surface area contributed by atoms with Crippen molar-refractivity contribution in [2.45, 2.75) is 58.0 Å². The van der Waals surface area contributed by atoms with Gasteiger partial charge in [0, 0.05) is 47.0 Å². The number of benzene rings is 2. The molecule has 2 aromatic carbocycles. The van der Waals surface area contributed by atoms with Crippen LogP contribution in [-0.2, 0) is 27.2 Å². The third-order valence-corrected chi connectivity index (χ3v) is 8.57. The number of hydrogen-bond acceptors (Lipinski definition) is 2. The molecule has 0 aliphatic carbocycles. The lowest BCUT2D eigenvalue weighted by atomic mass is 10.1. The first-order valence-corrected chi connectivity index (χ1v) is 15.0. The van der Waals surface area contributed by atoms with E-state index >= 15 is 0 Å². The van der Waals surface area contributed by atoms with Crippen molar-refractivity contribution in [2.24, 2.45) is 14.1 Å². The number of methoxy groups -OCH3 is 2. The zero-order valence-corrected chi connectivity index (χ0v) is 30.0. The summed E-state index contributed by atoms with van der Waals surface area (Å²) in [4.78, 5) is 0. The van der Waals surface area contributed by atoms with Crippen LogP contribution in [0.5, 0.6) is 11.5 Å². The molecule has 0 saturated heterocycles. The first-order chi connectivity index (χ1) is 20.1. The van der Waals surface area contributed by atoms with Crippen molar-refractivity contribution in [3.8, 4) is 11.5 Å². The van der Waals surface area contributed by atoms with E-state index in [0.29, 0.717) is 0 Å². The molecule has 0 fully saturated rings. The summed E-state index contributed by atoms with van der Waals surface area (Å²) < 4.78 is 20.3. The molecule has 4 aromatic heterocycles. The molecule has 0 unspecified atom stereocenters. The number of hydrogen-bond donors (Lipinski definition) is 0. The number of nitrogens with zero attached hydrogens (tertiary/aromatic N) is 4. The van der Waals surface area contributed by atoms with Crippen molar-refractivity contribution in [3.63, 3.8) is 0 Å². The van der Waals surface area contributed by atoms with Crippen LogP contribution in [-0.4, -0.2) is 23.4 Å². The van der Waals surface area contributed by atoms with Crippen LogP contribution in [0.2, 0.25) is 0 Å². The van der Waals surface area contributed by atoms with E-state index in [2.05, 4.69) is 106 Å². The second-order valence-corrected chi connectivity index (χ2v) is 11.4. The summed E-state index contributed by atoms with van der Waals surface area (Å²) in [5.41, 5.74) is 5.21. The molecule has 0 amide bonds. The molecule has 0 spiro atoms. The maximum Gasteiger partial charge on any atom is 0.178 e. The molecule has 0 N–H and O–H groups in total. The molecule has 0 atom stereocenters. The number of halogens is 2. The average molecular weight is 805 g/mol. The molecule has 6 nitrogen and oxygen atoms in total. The van der Waals surface area contributed by atoms with Crippen LogP contribution in [0, 0.1) is 0 Å². The molecule has 43 heavy (non-hydrogen) atoms. The number of rotatable bonds is 12. The first-order valence-electron chi connectivity index (χ1n) is 15.0. The van der Waals surface area contributed by atoms with Gasteiger partial charge in [-0.1, -0.05) is 32.1 Å². The van der Waals surface area contributed by atoms with Gasteiger partial charge in [-0.05, 0) is 49.2 Å². The molecule has 6 rings (SSSR count). The van der Waals surface area contributed by atoms with Gasteiger partial charge >= 0.3 is 0 Å². The second kappa shape index (κ2) is 14.9. The molecule has 4 heterocycles. The fourth-order valence-corrected chi connectivity index (χ4v) is 6.42. The molecule has 8 heteroatoms. The van der Waals surface area contributed by atoms with Gasteiger partial charge in [0.1, 0.15) is 25.6 Å². The van der Waals surface area contributed by atoms with Crippen LogP contribution in [0.15, 0.2) is 73.3 Å². The van der Waals surface area contributed by atoms with Crippen LogP contribution in [0.25, 0.3) is 43.6 Å². The van der Waals surface area contributed by atoms with Gasteiger partial charge in [0.2, 0.25) is 0 Å². The number of ether oxygens (including phenoxy) is 2. The fraction of sp³-hybridized carbons (Fsp3) is 0.371. The normalized spacial score (nSPS) is 11.3. The summed E-state index contributed by atoms with van der Waals surface area (Å²) in [5, 5.41) is 5.12. The van der Waals surface area contributed by atoms with Gasteiger partial charge < -0.3 is 66.6 Å². The van der Waals surface area contributed by atoms with Crippen LogP contribution in [0.4, 0.5) is 0 Å². The summed E-state index contributed by atoms with van der Waals surface area (Å²) in [6, 6.07) is 17.4. The molecule has 0 saturated carbocycles. The lowest BCUT2D eigenvalue weighted by Gasteiger charge is -2.09. The van der Waals surface area contributed by atoms with Gasteiger partial charge in [0.05, 0.1) is 36.0 Å². The third-order valence-electron chi connectivity index (χ3n) is 8.57. The number of aryl methyl sites for hydroxylation is 4. The highest BCUT2D eigenvalue weighted by Gasteiger charge is 2.15.